The van der Waals surface area contributed by atoms with E-state index in [1.165, 1.54) is 18.2 Å². The molecule has 8 nitrogen and oxygen atoms in total. The van der Waals surface area contributed by atoms with Crippen molar-refractivity contribution >= 4 is 17.3 Å². The normalized spacial score (nSPS) is 10.5. The molecule has 0 aliphatic carbocycles. The Morgan fingerprint density at radius 3 is 2.71 bits per heavy atom. The number of nitrogen functional groups attached to an aromatic ring is 1. The Bertz CT molecular complexity index is 646. The molecule has 0 amide bonds. The molecule has 0 saturated carbocycles. The fourth-order valence-corrected chi connectivity index (χ4v) is 1.55. The van der Waals surface area contributed by atoms with Gasteiger partial charge in [-0.05, 0) is 30.3 Å². The van der Waals surface area contributed by atoms with Crippen molar-refractivity contribution in [3.63, 3.8) is 0 Å². The summed E-state index contributed by atoms with van der Waals surface area (Å²) in [6.07, 6.45) is 3.14. The molecule has 0 saturated heterocycles. The zero-order chi connectivity index (χ0) is 15.1. The van der Waals surface area contributed by atoms with Crippen LogP contribution in [-0.2, 0) is 4.74 Å². The monoisotopic (exact) mass is 287 g/mol. The van der Waals surface area contributed by atoms with Crippen LogP contribution in [0.2, 0.25) is 0 Å². The second-order valence-electron chi connectivity index (χ2n) is 3.91. The van der Waals surface area contributed by atoms with E-state index in [1.807, 2.05) is 0 Å². The summed E-state index contributed by atoms with van der Waals surface area (Å²) < 4.78 is 10.2. The van der Waals surface area contributed by atoms with Gasteiger partial charge in [0.25, 0.3) is 0 Å². The van der Waals surface area contributed by atoms with Crippen molar-refractivity contribution in [2.45, 2.75) is 0 Å². The third-order valence-corrected chi connectivity index (χ3v) is 2.41. The lowest BCUT2D eigenvalue weighted by Crippen LogP contribution is -2.11. The van der Waals surface area contributed by atoms with E-state index in [2.05, 4.69) is 15.3 Å². The summed E-state index contributed by atoms with van der Waals surface area (Å²) in [5, 5.41) is 6.75. The molecule has 2 rings (SSSR count). The van der Waals surface area contributed by atoms with E-state index in [0.29, 0.717) is 17.1 Å². The molecule has 0 spiro atoms. The fraction of sp³-hybridized carbons (Fsp3) is 0.0769. The number of hydrogen-bond donors (Lipinski definition) is 2. The number of benzene rings is 1. The van der Waals surface area contributed by atoms with Crippen LogP contribution in [0.25, 0.3) is 0 Å². The first-order chi connectivity index (χ1) is 10.2. The molecule has 0 unspecified atom stereocenters. The quantitative estimate of drug-likeness (QED) is 0.216. The van der Waals surface area contributed by atoms with Crippen molar-refractivity contribution in [2.24, 2.45) is 16.2 Å². The SMILES string of the molecule is NN=Nc1cc(N)cc(C(=O)OCOc2ccncc2)c1. The Hall–Kier alpha value is -3.16. The number of hydrogen-bond acceptors (Lipinski definition) is 7. The Morgan fingerprint density at radius 2 is 2.00 bits per heavy atom. The first kappa shape index (κ1) is 14.3. The molecule has 1 heterocycles. The molecule has 0 bridgehead atoms. The van der Waals surface area contributed by atoms with E-state index in [-0.39, 0.29) is 12.4 Å². The third-order valence-electron chi connectivity index (χ3n) is 2.41. The van der Waals surface area contributed by atoms with Crippen LogP contribution in [0.1, 0.15) is 10.4 Å². The molecule has 4 N–H and O–H groups in total. The number of nitrogens with zero attached hydrogens (tertiary/aromatic N) is 3. The Balaban J connectivity index is 1.97. The van der Waals surface area contributed by atoms with Crippen LogP contribution in [-0.4, -0.2) is 17.7 Å². The van der Waals surface area contributed by atoms with E-state index in [9.17, 15) is 4.79 Å². The number of rotatable bonds is 5. The number of aromatic nitrogens is 1. The van der Waals surface area contributed by atoms with Crippen molar-refractivity contribution < 1.29 is 14.3 Å². The molecule has 0 radical (unpaired) electrons. The molecule has 2 aromatic rings. The average Bonchev–Trinajstić information content (AvgIpc) is 2.48. The van der Waals surface area contributed by atoms with Crippen LogP contribution < -0.4 is 16.3 Å². The Labute approximate surface area is 120 Å². The molecule has 0 atom stereocenters. The van der Waals surface area contributed by atoms with E-state index >= 15 is 0 Å². The van der Waals surface area contributed by atoms with E-state index in [0.717, 1.165) is 0 Å². The van der Waals surface area contributed by atoms with Gasteiger partial charge in [0.05, 0.1) is 11.3 Å². The smallest absolute Gasteiger partial charge is 0.341 e. The summed E-state index contributed by atoms with van der Waals surface area (Å²) in [5.41, 5.74) is 6.60. The van der Waals surface area contributed by atoms with E-state index in [1.54, 1.807) is 24.5 Å². The summed E-state index contributed by atoms with van der Waals surface area (Å²) in [5.74, 6) is 4.91. The van der Waals surface area contributed by atoms with Crippen molar-refractivity contribution in [2.75, 3.05) is 12.5 Å². The molecule has 1 aromatic heterocycles. The standard InChI is InChI=1S/C13H13N5O3/c14-10-5-9(6-11(7-10)17-18-15)13(19)21-8-20-12-1-3-16-4-2-12/h1-7H,8,14H2,(H2,15,17). The van der Waals surface area contributed by atoms with Gasteiger partial charge >= 0.3 is 5.97 Å². The topological polar surface area (TPSA) is 125 Å². The van der Waals surface area contributed by atoms with Gasteiger partial charge in [0.15, 0.2) is 0 Å². The largest absolute Gasteiger partial charge is 0.457 e. The van der Waals surface area contributed by atoms with Gasteiger partial charge in [0.1, 0.15) is 5.75 Å². The van der Waals surface area contributed by atoms with Crippen molar-refractivity contribution in [1.29, 1.82) is 0 Å². The fourth-order valence-electron chi connectivity index (χ4n) is 1.55. The molecule has 21 heavy (non-hydrogen) atoms. The molecular weight excluding hydrogens is 274 g/mol. The van der Waals surface area contributed by atoms with Crippen molar-refractivity contribution in [3.8, 4) is 5.75 Å². The summed E-state index contributed by atoms with van der Waals surface area (Å²) in [4.78, 5) is 15.7. The van der Waals surface area contributed by atoms with Crippen LogP contribution >= 0.6 is 0 Å². The summed E-state index contributed by atoms with van der Waals surface area (Å²) >= 11 is 0. The van der Waals surface area contributed by atoms with Gasteiger partial charge in [-0.3, -0.25) is 4.98 Å². The lowest BCUT2D eigenvalue weighted by molar-refractivity contribution is 0.0154. The van der Waals surface area contributed by atoms with Crippen molar-refractivity contribution in [3.05, 3.63) is 48.3 Å². The highest BCUT2D eigenvalue weighted by Gasteiger charge is 2.10. The predicted octanol–water partition coefficient (Wildman–Crippen LogP) is 1.81. The molecule has 0 aliphatic heterocycles. The molecule has 108 valence electrons. The summed E-state index contributed by atoms with van der Waals surface area (Å²) in [6.45, 7) is -0.231. The molecule has 8 heteroatoms. The average molecular weight is 287 g/mol. The van der Waals surface area contributed by atoms with Crippen LogP contribution in [0.4, 0.5) is 11.4 Å². The van der Waals surface area contributed by atoms with Gasteiger partial charge in [0, 0.05) is 18.1 Å². The number of anilines is 1. The second-order valence-corrected chi connectivity index (χ2v) is 3.91. The minimum atomic E-state index is -0.593. The first-order valence-electron chi connectivity index (χ1n) is 5.90. The highest BCUT2D eigenvalue weighted by Crippen LogP contribution is 2.20. The maximum atomic E-state index is 11.9. The van der Waals surface area contributed by atoms with Gasteiger partial charge in [-0.1, -0.05) is 5.22 Å². The maximum Gasteiger partial charge on any atom is 0.341 e. The van der Waals surface area contributed by atoms with Gasteiger partial charge < -0.3 is 21.1 Å². The van der Waals surface area contributed by atoms with Crippen LogP contribution in [0.5, 0.6) is 5.75 Å². The zero-order valence-corrected chi connectivity index (χ0v) is 11.0. The lowest BCUT2D eigenvalue weighted by Gasteiger charge is -2.07. The summed E-state index contributed by atoms with van der Waals surface area (Å²) in [6, 6.07) is 7.74. The Morgan fingerprint density at radius 1 is 1.24 bits per heavy atom. The third kappa shape index (κ3) is 4.16. The van der Waals surface area contributed by atoms with Gasteiger partial charge in [-0.25, -0.2) is 4.79 Å². The molecule has 1 aromatic carbocycles. The summed E-state index contributed by atoms with van der Waals surface area (Å²) in [7, 11) is 0. The molecular formula is C13H13N5O3. The van der Waals surface area contributed by atoms with Crippen LogP contribution in [0.15, 0.2) is 53.1 Å². The van der Waals surface area contributed by atoms with Gasteiger partial charge in [-0.15, -0.1) is 5.11 Å². The van der Waals surface area contributed by atoms with E-state index < -0.39 is 5.97 Å². The number of ether oxygens (including phenoxy) is 2. The highest BCUT2D eigenvalue weighted by atomic mass is 16.7. The highest BCUT2D eigenvalue weighted by molar-refractivity contribution is 5.91. The van der Waals surface area contributed by atoms with Gasteiger partial charge in [0.2, 0.25) is 6.79 Å². The van der Waals surface area contributed by atoms with Crippen LogP contribution in [0, 0.1) is 0 Å². The van der Waals surface area contributed by atoms with E-state index in [4.69, 9.17) is 21.1 Å². The number of carbonyl (C=O) groups excluding carboxylic acids is 1. The number of nitrogens with two attached hydrogens (primary N) is 2. The number of pyridine rings is 1. The number of carbonyl (C=O) groups is 1. The second kappa shape index (κ2) is 6.85. The maximum absolute atomic E-state index is 11.9. The minimum absolute atomic E-state index is 0.231. The first-order valence-corrected chi connectivity index (χ1v) is 5.90. The van der Waals surface area contributed by atoms with Gasteiger partial charge in [-0.2, -0.15) is 0 Å². The lowest BCUT2D eigenvalue weighted by atomic mass is 10.2. The Kier molecular flexibility index (Phi) is 4.65. The zero-order valence-electron chi connectivity index (χ0n) is 11.0. The predicted molar refractivity (Wildman–Crippen MR) is 74.7 cm³/mol. The molecule has 0 aliphatic rings. The van der Waals surface area contributed by atoms with Crippen molar-refractivity contribution in [1.82, 2.24) is 4.98 Å². The van der Waals surface area contributed by atoms with Crippen LogP contribution in [0.3, 0.4) is 0 Å². The molecule has 0 fully saturated rings. The minimum Gasteiger partial charge on any atom is -0.457 e. The number of esters is 1.